The van der Waals surface area contributed by atoms with Gasteiger partial charge in [-0.2, -0.15) is 0 Å². The third kappa shape index (κ3) is 6.21. The summed E-state index contributed by atoms with van der Waals surface area (Å²) in [6.45, 7) is 16.6. The molecule has 33 heavy (non-hydrogen) atoms. The van der Waals surface area contributed by atoms with E-state index in [-0.39, 0.29) is 17.8 Å². The summed E-state index contributed by atoms with van der Waals surface area (Å²) in [5, 5.41) is 11.7. The standard InChI is InChI=1S/C13H19NO3.C12H17NO3/c1-4-7-13(8-5-2)9-10(14-12(13)16)11(15)17-6-3;1-4-6-12(7-5-2)8-9(10(14)15)13(3)11(12)16/h4-5,10H,1-2,6-9H2,3H3,(H,14,16);4-5,9H,1-2,6-8H2,3H3,(H,14,15)/t10-;9-/m00/s1. The second-order valence-corrected chi connectivity index (χ2v) is 8.49. The number of hydrogen-bond acceptors (Lipinski definition) is 5. The number of likely N-dealkylation sites (N-methyl/N-ethyl adjacent to an activating group) is 1. The molecule has 8 nitrogen and oxygen atoms in total. The molecule has 2 amide bonds. The lowest BCUT2D eigenvalue weighted by Gasteiger charge is -2.23. The van der Waals surface area contributed by atoms with E-state index in [1.165, 1.54) is 11.9 Å². The Hall–Kier alpha value is -3.16. The van der Waals surface area contributed by atoms with Crippen molar-refractivity contribution in [1.82, 2.24) is 10.2 Å². The van der Waals surface area contributed by atoms with Crippen molar-refractivity contribution in [2.24, 2.45) is 10.8 Å². The van der Waals surface area contributed by atoms with Crippen LogP contribution in [0, 0.1) is 10.8 Å². The van der Waals surface area contributed by atoms with Gasteiger partial charge in [0.2, 0.25) is 11.8 Å². The zero-order chi connectivity index (χ0) is 25.2. The van der Waals surface area contributed by atoms with Gasteiger partial charge in [-0.05, 0) is 45.4 Å². The second kappa shape index (κ2) is 12.2. The molecule has 2 fully saturated rings. The van der Waals surface area contributed by atoms with Crippen molar-refractivity contribution in [3.05, 3.63) is 50.6 Å². The van der Waals surface area contributed by atoms with Crippen LogP contribution in [0.5, 0.6) is 0 Å². The SMILES string of the molecule is C=CCC1(CC=C)C[C@@H](C(=O)O)N(C)C1=O.C=CCC1(CC=C)C[C@@H](C(=O)OCC)NC1=O. The Bertz CT molecular complexity index is 783. The Balaban J connectivity index is 0.000000331. The Morgan fingerprint density at radius 2 is 1.52 bits per heavy atom. The Labute approximate surface area is 196 Å². The summed E-state index contributed by atoms with van der Waals surface area (Å²) in [7, 11) is 1.54. The number of carbonyl (C=O) groups excluding carboxylic acids is 3. The average molecular weight is 461 g/mol. The number of carboxylic acids is 1. The number of allylic oxidation sites excluding steroid dienone is 4. The van der Waals surface area contributed by atoms with E-state index in [2.05, 4.69) is 31.6 Å². The summed E-state index contributed by atoms with van der Waals surface area (Å²) in [6, 6.07) is -1.27. The minimum Gasteiger partial charge on any atom is -0.480 e. The number of esters is 1. The number of amides is 2. The lowest BCUT2D eigenvalue weighted by atomic mass is 9.78. The number of aliphatic carboxylic acids is 1. The van der Waals surface area contributed by atoms with E-state index in [0.29, 0.717) is 45.1 Å². The van der Waals surface area contributed by atoms with E-state index in [1.807, 2.05) is 0 Å². The summed E-state index contributed by atoms with van der Waals surface area (Å²) in [4.78, 5) is 48.0. The van der Waals surface area contributed by atoms with Gasteiger partial charge in [0, 0.05) is 7.05 Å². The van der Waals surface area contributed by atoms with Crippen LogP contribution in [-0.2, 0) is 23.9 Å². The first-order valence-corrected chi connectivity index (χ1v) is 11.0. The maximum Gasteiger partial charge on any atom is 0.328 e. The molecule has 0 aromatic heterocycles. The number of likely N-dealkylation sites (tertiary alicyclic amines) is 1. The van der Waals surface area contributed by atoms with Gasteiger partial charge in [-0.1, -0.05) is 24.3 Å². The molecule has 0 aliphatic carbocycles. The molecule has 2 aliphatic heterocycles. The van der Waals surface area contributed by atoms with Crippen molar-refractivity contribution in [3.8, 4) is 0 Å². The van der Waals surface area contributed by atoms with Crippen molar-refractivity contribution >= 4 is 23.8 Å². The third-order valence-electron chi connectivity index (χ3n) is 6.20. The zero-order valence-electron chi connectivity index (χ0n) is 19.7. The van der Waals surface area contributed by atoms with Gasteiger partial charge in [-0.25, -0.2) is 9.59 Å². The molecule has 2 rings (SSSR count). The van der Waals surface area contributed by atoms with Crippen LogP contribution in [0.1, 0.15) is 45.4 Å². The number of carboxylic acid groups (broad SMARTS) is 1. The van der Waals surface area contributed by atoms with Crippen LogP contribution in [-0.4, -0.2) is 59.5 Å². The van der Waals surface area contributed by atoms with Crippen LogP contribution >= 0.6 is 0 Å². The lowest BCUT2D eigenvalue weighted by molar-refractivity contribution is -0.146. The summed E-state index contributed by atoms with van der Waals surface area (Å²) >= 11 is 0. The number of nitrogens with zero attached hydrogens (tertiary/aromatic N) is 1. The fraction of sp³-hybridized carbons (Fsp3) is 0.520. The Kier molecular flexibility index (Phi) is 10.3. The average Bonchev–Trinajstić information content (AvgIpc) is 3.20. The minimum atomic E-state index is -0.953. The second-order valence-electron chi connectivity index (χ2n) is 8.49. The maximum absolute atomic E-state index is 12.1. The molecule has 182 valence electrons. The fourth-order valence-corrected chi connectivity index (χ4v) is 4.56. The monoisotopic (exact) mass is 460 g/mol. The highest BCUT2D eigenvalue weighted by atomic mass is 16.5. The third-order valence-corrected chi connectivity index (χ3v) is 6.20. The summed E-state index contributed by atoms with van der Waals surface area (Å²) < 4.78 is 4.92. The first kappa shape index (κ1) is 27.9. The van der Waals surface area contributed by atoms with Gasteiger partial charge in [0.05, 0.1) is 17.4 Å². The quantitative estimate of drug-likeness (QED) is 0.362. The molecule has 2 saturated heterocycles. The van der Waals surface area contributed by atoms with Crippen LogP contribution in [0.3, 0.4) is 0 Å². The molecule has 0 bridgehead atoms. The summed E-state index contributed by atoms with van der Waals surface area (Å²) in [5.74, 6) is -1.56. The largest absolute Gasteiger partial charge is 0.480 e. The minimum absolute atomic E-state index is 0.115. The molecular weight excluding hydrogens is 424 g/mol. The topological polar surface area (TPSA) is 113 Å². The van der Waals surface area contributed by atoms with E-state index in [4.69, 9.17) is 9.84 Å². The van der Waals surface area contributed by atoms with Crippen molar-refractivity contribution < 1.29 is 29.0 Å². The molecule has 0 spiro atoms. The summed E-state index contributed by atoms with van der Waals surface area (Å²) in [6.07, 6.45) is 9.59. The van der Waals surface area contributed by atoms with Gasteiger partial charge in [0.1, 0.15) is 12.1 Å². The van der Waals surface area contributed by atoms with Crippen molar-refractivity contribution in [3.63, 3.8) is 0 Å². The molecule has 0 saturated carbocycles. The molecular formula is C25H36N2O6. The number of hydrogen-bond donors (Lipinski definition) is 2. The Morgan fingerprint density at radius 1 is 1.03 bits per heavy atom. The van der Waals surface area contributed by atoms with E-state index < -0.39 is 28.9 Å². The molecule has 2 atom stereocenters. The summed E-state index contributed by atoms with van der Waals surface area (Å²) in [5.41, 5.74) is -1.23. The lowest BCUT2D eigenvalue weighted by Crippen LogP contribution is -2.36. The van der Waals surface area contributed by atoms with Gasteiger partial charge in [0.15, 0.2) is 0 Å². The number of rotatable bonds is 11. The number of ether oxygens (including phenoxy) is 1. The predicted octanol–water partition coefficient (Wildman–Crippen LogP) is 3.02. The molecule has 2 aliphatic rings. The molecule has 0 unspecified atom stereocenters. The molecule has 0 aromatic rings. The van der Waals surface area contributed by atoms with Crippen LogP contribution in [0.15, 0.2) is 50.6 Å². The van der Waals surface area contributed by atoms with Gasteiger partial charge in [0.25, 0.3) is 0 Å². The van der Waals surface area contributed by atoms with Crippen LogP contribution < -0.4 is 5.32 Å². The molecule has 8 heteroatoms. The molecule has 2 heterocycles. The smallest absolute Gasteiger partial charge is 0.328 e. The van der Waals surface area contributed by atoms with E-state index in [0.717, 1.165) is 0 Å². The molecule has 0 radical (unpaired) electrons. The van der Waals surface area contributed by atoms with E-state index in [9.17, 15) is 19.2 Å². The van der Waals surface area contributed by atoms with E-state index >= 15 is 0 Å². The van der Waals surface area contributed by atoms with Gasteiger partial charge in [-0.15, -0.1) is 26.3 Å². The van der Waals surface area contributed by atoms with Crippen LogP contribution in [0.4, 0.5) is 0 Å². The van der Waals surface area contributed by atoms with Crippen LogP contribution in [0.2, 0.25) is 0 Å². The van der Waals surface area contributed by atoms with Crippen molar-refractivity contribution in [1.29, 1.82) is 0 Å². The van der Waals surface area contributed by atoms with Gasteiger partial charge >= 0.3 is 11.9 Å². The van der Waals surface area contributed by atoms with Crippen molar-refractivity contribution in [2.75, 3.05) is 13.7 Å². The van der Waals surface area contributed by atoms with Crippen LogP contribution in [0.25, 0.3) is 0 Å². The van der Waals surface area contributed by atoms with Gasteiger partial charge in [-0.3, -0.25) is 9.59 Å². The highest BCUT2D eigenvalue weighted by molar-refractivity contribution is 5.93. The molecule has 0 aromatic carbocycles. The maximum atomic E-state index is 12.1. The first-order chi connectivity index (χ1) is 15.6. The fourth-order valence-electron chi connectivity index (χ4n) is 4.56. The van der Waals surface area contributed by atoms with Crippen molar-refractivity contribution in [2.45, 2.75) is 57.5 Å². The molecule has 2 N–H and O–H groups in total. The number of carbonyl (C=O) groups is 4. The highest BCUT2D eigenvalue weighted by Gasteiger charge is 2.51. The van der Waals surface area contributed by atoms with Gasteiger partial charge < -0.3 is 20.1 Å². The number of nitrogens with one attached hydrogen (secondary N) is 1. The predicted molar refractivity (Wildman–Crippen MR) is 126 cm³/mol. The normalized spacial score (nSPS) is 22.4. The Morgan fingerprint density at radius 3 is 1.91 bits per heavy atom. The zero-order valence-corrected chi connectivity index (χ0v) is 19.7. The van der Waals surface area contributed by atoms with E-state index in [1.54, 1.807) is 31.2 Å². The first-order valence-electron chi connectivity index (χ1n) is 11.0. The highest BCUT2D eigenvalue weighted by Crippen LogP contribution is 2.42.